The van der Waals surface area contributed by atoms with Gasteiger partial charge in [0.15, 0.2) is 8.68 Å². The van der Waals surface area contributed by atoms with Gasteiger partial charge in [-0.1, -0.05) is 63.8 Å². The summed E-state index contributed by atoms with van der Waals surface area (Å²) in [5.41, 5.74) is 0.739. The predicted octanol–water partition coefficient (Wildman–Crippen LogP) is 4.04. The molecule has 0 saturated carbocycles. The molecule has 1 unspecified atom stereocenters. The van der Waals surface area contributed by atoms with E-state index < -0.39 is 0 Å². The first-order chi connectivity index (χ1) is 12.5. The number of aromatic nitrogens is 2. The molecule has 0 bridgehead atoms. The Morgan fingerprint density at radius 2 is 2.08 bits per heavy atom. The van der Waals surface area contributed by atoms with Gasteiger partial charge in [0.2, 0.25) is 11.8 Å². The lowest BCUT2D eigenvalue weighted by Gasteiger charge is -2.10. The summed E-state index contributed by atoms with van der Waals surface area (Å²) in [7, 11) is 0. The maximum absolute atomic E-state index is 12.3. The van der Waals surface area contributed by atoms with E-state index in [4.69, 9.17) is 0 Å². The van der Waals surface area contributed by atoms with E-state index in [0.29, 0.717) is 16.6 Å². The molecule has 2 aromatic rings. The van der Waals surface area contributed by atoms with E-state index in [-0.39, 0.29) is 17.1 Å². The highest BCUT2D eigenvalue weighted by Gasteiger charge is 2.18. The second-order valence-electron chi connectivity index (χ2n) is 5.23. The summed E-state index contributed by atoms with van der Waals surface area (Å²) in [6.07, 6.45) is 0.913. The molecule has 140 valence electrons. The number of hydrogen-bond acceptors (Lipinski definition) is 7. The average molecular weight is 475 g/mol. The van der Waals surface area contributed by atoms with Crippen LogP contribution >= 0.6 is 50.8 Å². The van der Waals surface area contributed by atoms with Gasteiger partial charge in [-0.15, -0.1) is 10.2 Å². The Bertz CT molecular complexity index is 757. The van der Waals surface area contributed by atoms with Crippen LogP contribution in [-0.2, 0) is 9.59 Å². The van der Waals surface area contributed by atoms with Gasteiger partial charge in [-0.05, 0) is 31.5 Å². The smallest absolute Gasteiger partial charge is 0.237 e. The summed E-state index contributed by atoms with van der Waals surface area (Å²) in [5, 5.41) is 13.5. The largest absolute Gasteiger partial charge is 0.355 e. The second kappa shape index (κ2) is 10.9. The highest BCUT2D eigenvalue weighted by atomic mass is 79.9. The fourth-order valence-electron chi connectivity index (χ4n) is 1.76. The van der Waals surface area contributed by atoms with Crippen molar-refractivity contribution in [2.75, 3.05) is 17.6 Å². The molecule has 2 rings (SSSR count). The van der Waals surface area contributed by atoms with Crippen LogP contribution in [0.4, 0.5) is 5.69 Å². The van der Waals surface area contributed by atoms with Crippen LogP contribution < -0.4 is 10.6 Å². The van der Waals surface area contributed by atoms with Crippen LogP contribution in [0.2, 0.25) is 0 Å². The van der Waals surface area contributed by atoms with Crippen molar-refractivity contribution >= 4 is 68.3 Å². The van der Waals surface area contributed by atoms with Gasteiger partial charge in [-0.3, -0.25) is 9.59 Å². The number of hydrogen-bond donors (Lipinski definition) is 2. The number of amides is 2. The standard InChI is InChI=1S/C16H19BrN4O2S3/c1-3-7-18-13(22)9-24-15-20-21-16(26-15)25-10(2)14(23)19-12-6-4-5-11(17)8-12/h4-6,8,10H,3,7,9H2,1-2H3,(H,18,22)(H,19,23). The number of thioether (sulfide) groups is 2. The Morgan fingerprint density at radius 3 is 2.81 bits per heavy atom. The van der Waals surface area contributed by atoms with Gasteiger partial charge in [0.05, 0.1) is 11.0 Å². The minimum Gasteiger partial charge on any atom is -0.355 e. The Kier molecular flexibility index (Phi) is 8.89. The van der Waals surface area contributed by atoms with E-state index in [0.717, 1.165) is 20.9 Å². The molecule has 0 saturated heterocycles. The van der Waals surface area contributed by atoms with Crippen LogP contribution in [0.5, 0.6) is 0 Å². The Hall–Kier alpha value is -1.10. The average Bonchev–Trinajstić information content (AvgIpc) is 3.05. The molecule has 26 heavy (non-hydrogen) atoms. The van der Waals surface area contributed by atoms with Crippen LogP contribution in [0.3, 0.4) is 0 Å². The van der Waals surface area contributed by atoms with Crippen molar-refractivity contribution in [3.05, 3.63) is 28.7 Å². The molecule has 0 radical (unpaired) electrons. The zero-order valence-electron chi connectivity index (χ0n) is 14.3. The Labute approximate surface area is 173 Å². The third-order valence-corrected chi connectivity index (χ3v) is 6.76. The van der Waals surface area contributed by atoms with Crippen LogP contribution in [0.15, 0.2) is 37.4 Å². The SMILES string of the molecule is CCCNC(=O)CSc1nnc(SC(C)C(=O)Nc2cccc(Br)c2)s1. The van der Waals surface area contributed by atoms with Gasteiger partial charge in [-0.2, -0.15) is 0 Å². The molecule has 0 aliphatic carbocycles. The molecule has 1 aromatic heterocycles. The molecule has 6 nitrogen and oxygen atoms in total. The van der Waals surface area contributed by atoms with Gasteiger partial charge in [-0.25, -0.2) is 0 Å². The van der Waals surface area contributed by atoms with Crippen molar-refractivity contribution < 1.29 is 9.59 Å². The van der Waals surface area contributed by atoms with E-state index in [1.807, 2.05) is 38.1 Å². The maximum atomic E-state index is 12.3. The molecule has 0 aliphatic rings. The molecule has 10 heteroatoms. The summed E-state index contributed by atoms with van der Waals surface area (Å²) in [6.45, 7) is 4.52. The van der Waals surface area contributed by atoms with Crippen LogP contribution in [0, 0.1) is 0 Å². The number of carbonyl (C=O) groups excluding carboxylic acids is 2. The van der Waals surface area contributed by atoms with Gasteiger partial charge in [0.1, 0.15) is 0 Å². The fourth-order valence-corrected chi connectivity index (χ4v) is 5.15. The third kappa shape index (κ3) is 7.26. The van der Waals surface area contributed by atoms with E-state index in [9.17, 15) is 9.59 Å². The van der Waals surface area contributed by atoms with Crippen molar-refractivity contribution in [1.82, 2.24) is 15.5 Å². The normalized spacial score (nSPS) is 11.8. The lowest BCUT2D eigenvalue weighted by atomic mass is 10.3. The van der Waals surface area contributed by atoms with Crippen molar-refractivity contribution in [3.63, 3.8) is 0 Å². The topological polar surface area (TPSA) is 84.0 Å². The first-order valence-electron chi connectivity index (χ1n) is 7.94. The van der Waals surface area contributed by atoms with E-state index in [1.165, 1.54) is 34.9 Å². The minimum atomic E-state index is -0.312. The number of carbonyl (C=O) groups is 2. The molecule has 2 amide bonds. The number of halogens is 1. The van der Waals surface area contributed by atoms with Gasteiger partial charge >= 0.3 is 0 Å². The molecule has 0 fully saturated rings. The van der Waals surface area contributed by atoms with Gasteiger partial charge in [0.25, 0.3) is 0 Å². The first-order valence-corrected chi connectivity index (χ1v) is 11.4. The van der Waals surface area contributed by atoms with E-state index >= 15 is 0 Å². The Morgan fingerprint density at radius 1 is 1.31 bits per heavy atom. The van der Waals surface area contributed by atoms with Crippen molar-refractivity contribution in [1.29, 1.82) is 0 Å². The third-order valence-electron chi connectivity index (χ3n) is 3.03. The van der Waals surface area contributed by atoms with Gasteiger partial charge < -0.3 is 10.6 Å². The number of anilines is 1. The number of nitrogens with zero attached hydrogens (tertiary/aromatic N) is 2. The monoisotopic (exact) mass is 474 g/mol. The predicted molar refractivity (Wildman–Crippen MR) is 112 cm³/mol. The second-order valence-corrected chi connectivity index (χ2v) is 9.94. The number of rotatable bonds is 9. The van der Waals surface area contributed by atoms with E-state index in [1.54, 1.807) is 0 Å². The molecule has 0 spiro atoms. The first kappa shape index (κ1) is 21.2. The molecular formula is C16H19BrN4O2S3. The fraction of sp³-hybridized carbons (Fsp3) is 0.375. The molecule has 2 N–H and O–H groups in total. The van der Waals surface area contributed by atoms with Crippen molar-refractivity contribution in [2.24, 2.45) is 0 Å². The summed E-state index contributed by atoms with van der Waals surface area (Å²) in [5.74, 6) is 0.206. The zero-order valence-corrected chi connectivity index (χ0v) is 18.4. The lowest BCUT2D eigenvalue weighted by molar-refractivity contribution is -0.118. The van der Waals surface area contributed by atoms with E-state index in [2.05, 4.69) is 36.8 Å². The van der Waals surface area contributed by atoms with Crippen LogP contribution in [-0.4, -0.2) is 39.6 Å². The lowest BCUT2D eigenvalue weighted by Crippen LogP contribution is -2.25. The molecule has 1 heterocycles. The highest BCUT2D eigenvalue weighted by Crippen LogP contribution is 2.31. The number of benzene rings is 1. The highest BCUT2D eigenvalue weighted by molar-refractivity contribution is 9.10. The van der Waals surface area contributed by atoms with Gasteiger partial charge in [0, 0.05) is 16.7 Å². The zero-order chi connectivity index (χ0) is 18.9. The number of nitrogens with one attached hydrogen (secondary N) is 2. The van der Waals surface area contributed by atoms with Crippen molar-refractivity contribution in [3.8, 4) is 0 Å². The van der Waals surface area contributed by atoms with Crippen LogP contribution in [0.1, 0.15) is 20.3 Å². The molecule has 1 aromatic carbocycles. The molecular weight excluding hydrogens is 456 g/mol. The summed E-state index contributed by atoms with van der Waals surface area (Å²) in [6, 6.07) is 7.45. The molecule has 1 atom stereocenters. The summed E-state index contributed by atoms with van der Waals surface area (Å²) < 4.78 is 2.33. The molecule has 0 aliphatic heterocycles. The van der Waals surface area contributed by atoms with Crippen LogP contribution in [0.25, 0.3) is 0 Å². The minimum absolute atomic E-state index is 0.0111. The summed E-state index contributed by atoms with van der Waals surface area (Å²) in [4.78, 5) is 23.9. The maximum Gasteiger partial charge on any atom is 0.237 e. The quantitative estimate of drug-likeness (QED) is 0.533. The van der Waals surface area contributed by atoms with Crippen molar-refractivity contribution in [2.45, 2.75) is 34.2 Å². The summed E-state index contributed by atoms with van der Waals surface area (Å²) >= 11 is 7.47. The Balaban J connectivity index is 1.81.